The van der Waals surface area contributed by atoms with E-state index in [0.29, 0.717) is 0 Å². The van der Waals surface area contributed by atoms with Crippen molar-refractivity contribution in [2.45, 2.75) is 54.1 Å². The first-order chi connectivity index (χ1) is 9.94. The van der Waals surface area contributed by atoms with Crippen molar-refractivity contribution in [2.75, 3.05) is 19.6 Å². The van der Waals surface area contributed by atoms with E-state index >= 15 is 0 Å². The average molecular weight is 309 g/mol. The Hall–Kier alpha value is -0.380. The standard InChI is InChI=1S/C18H32N2S/c1-13(2)8-19-9-18-7-17(16(5)21-18)12-20-10-14(3)6-15(4)11-20/h7,13-15,19H,6,8-12H2,1-5H3. The quantitative estimate of drug-likeness (QED) is 0.844. The predicted molar refractivity (Wildman–Crippen MR) is 93.8 cm³/mol. The maximum Gasteiger partial charge on any atom is 0.0300 e. The molecule has 1 saturated heterocycles. The topological polar surface area (TPSA) is 15.3 Å². The van der Waals surface area contributed by atoms with E-state index < -0.39 is 0 Å². The van der Waals surface area contributed by atoms with Gasteiger partial charge in [-0.05, 0) is 49.3 Å². The summed E-state index contributed by atoms with van der Waals surface area (Å²) < 4.78 is 0. The summed E-state index contributed by atoms with van der Waals surface area (Å²) in [4.78, 5) is 5.64. The zero-order valence-corrected chi connectivity index (χ0v) is 15.2. The highest BCUT2D eigenvalue weighted by atomic mass is 32.1. The van der Waals surface area contributed by atoms with Crippen molar-refractivity contribution in [3.05, 3.63) is 21.4 Å². The lowest BCUT2D eigenvalue weighted by atomic mass is 9.91. The van der Waals surface area contributed by atoms with E-state index in [9.17, 15) is 0 Å². The third-order valence-corrected chi connectivity index (χ3v) is 5.35. The zero-order chi connectivity index (χ0) is 15.4. The Morgan fingerprint density at radius 3 is 2.57 bits per heavy atom. The third kappa shape index (κ3) is 5.39. The summed E-state index contributed by atoms with van der Waals surface area (Å²) in [6.07, 6.45) is 1.39. The van der Waals surface area contributed by atoms with Gasteiger partial charge in [0.1, 0.15) is 0 Å². The van der Waals surface area contributed by atoms with Crippen molar-refractivity contribution < 1.29 is 0 Å². The number of nitrogens with one attached hydrogen (secondary N) is 1. The highest BCUT2D eigenvalue weighted by Crippen LogP contribution is 2.26. The van der Waals surface area contributed by atoms with Gasteiger partial charge in [-0.25, -0.2) is 0 Å². The fraction of sp³-hybridized carbons (Fsp3) is 0.778. The van der Waals surface area contributed by atoms with Gasteiger partial charge in [-0.1, -0.05) is 27.7 Å². The van der Waals surface area contributed by atoms with Gasteiger partial charge in [-0.15, -0.1) is 11.3 Å². The molecule has 2 atom stereocenters. The molecule has 1 aliphatic heterocycles. The van der Waals surface area contributed by atoms with Crippen LogP contribution in [0.4, 0.5) is 0 Å². The van der Waals surface area contributed by atoms with E-state index in [4.69, 9.17) is 0 Å². The molecule has 0 aromatic carbocycles. The Morgan fingerprint density at radius 2 is 1.95 bits per heavy atom. The SMILES string of the molecule is Cc1sc(CNCC(C)C)cc1CN1CC(C)CC(C)C1. The normalized spacial score (nSPS) is 23.9. The maximum atomic E-state index is 3.56. The van der Waals surface area contributed by atoms with Gasteiger partial charge in [0.2, 0.25) is 0 Å². The number of hydrogen-bond donors (Lipinski definition) is 1. The van der Waals surface area contributed by atoms with Crippen LogP contribution >= 0.6 is 11.3 Å². The van der Waals surface area contributed by atoms with Gasteiger partial charge in [0.25, 0.3) is 0 Å². The second kappa shape index (κ2) is 7.75. The molecule has 1 fully saturated rings. The minimum Gasteiger partial charge on any atom is -0.312 e. The third-order valence-electron chi connectivity index (χ3n) is 4.26. The molecule has 1 aromatic heterocycles. The second-order valence-electron chi connectivity index (χ2n) is 7.46. The minimum atomic E-state index is 0.724. The van der Waals surface area contributed by atoms with E-state index in [1.165, 1.54) is 29.3 Å². The first kappa shape index (κ1) is 17.0. The van der Waals surface area contributed by atoms with Crippen molar-refractivity contribution in [1.82, 2.24) is 10.2 Å². The number of thiophene rings is 1. The van der Waals surface area contributed by atoms with Gasteiger partial charge >= 0.3 is 0 Å². The van der Waals surface area contributed by atoms with E-state index in [-0.39, 0.29) is 0 Å². The molecule has 1 aliphatic rings. The van der Waals surface area contributed by atoms with Crippen LogP contribution in [0.3, 0.4) is 0 Å². The van der Waals surface area contributed by atoms with E-state index in [2.05, 4.69) is 50.9 Å². The summed E-state index contributed by atoms with van der Waals surface area (Å²) in [6.45, 7) is 17.4. The van der Waals surface area contributed by atoms with Gasteiger partial charge in [0, 0.05) is 35.9 Å². The summed E-state index contributed by atoms with van der Waals surface area (Å²) in [6, 6.07) is 2.43. The minimum absolute atomic E-state index is 0.724. The largest absolute Gasteiger partial charge is 0.312 e. The van der Waals surface area contributed by atoms with Crippen LogP contribution in [0.15, 0.2) is 6.07 Å². The molecule has 0 amide bonds. The molecular formula is C18H32N2S. The monoisotopic (exact) mass is 308 g/mol. The number of rotatable bonds is 6. The molecule has 3 heteroatoms. The van der Waals surface area contributed by atoms with Gasteiger partial charge in [0.15, 0.2) is 0 Å². The lowest BCUT2D eigenvalue weighted by Gasteiger charge is -2.34. The molecule has 120 valence electrons. The van der Waals surface area contributed by atoms with E-state index in [1.54, 1.807) is 5.56 Å². The van der Waals surface area contributed by atoms with Crippen LogP contribution in [0.2, 0.25) is 0 Å². The number of likely N-dealkylation sites (tertiary alicyclic amines) is 1. The highest BCUT2D eigenvalue weighted by Gasteiger charge is 2.22. The summed E-state index contributed by atoms with van der Waals surface area (Å²) in [5, 5.41) is 3.56. The van der Waals surface area contributed by atoms with Crippen LogP contribution in [-0.2, 0) is 13.1 Å². The maximum absolute atomic E-state index is 3.56. The van der Waals surface area contributed by atoms with Crippen molar-refractivity contribution in [1.29, 1.82) is 0 Å². The Morgan fingerprint density at radius 1 is 1.29 bits per heavy atom. The van der Waals surface area contributed by atoms with Crippen LogP contribution in [0, 0.1) is 24.7 Å². The van der Waals surface area contributed by atoms with Crippen LogP contribution < -0.4 is 5.32 Å². The first-order valence-electron chi connectivity index (χ1n) is 8.45. The lowest BCUT2D eigenvalue weighted by molar-refractivity contribution is 0.134. The lowest BCUT2D eigenvalue weighted by Crippen LogP contribution is -2.38. The van der Waals surface area contributed by atoms with Crippen LogP contribution in [0.1, 0.15) is 49.4 Å². The number of piperidine rings is 1. The molecule has 2 heterocycles. The molecule has 0 spiro atoms. The molecule has 2 unspecified atom stereocenters. The molecule has 2 rings (SSSR count). The van der Waals surface area contributed by atoms with Gasteiger partial charge in [-0.3, -0.25) is 4.90 Å². The summed E-state index contributed by atoms with van der Waals surface area (Å²) in [7, 11) is 0. The molecular weight excluding hydrogens is 276 g/mol. The average Bonchev–Trinajstić information content (AvgIpc) is 2.68. The van der Waals surface area contributed by atoms with E-state index in [1.807, 2.05) is 11.3 Å². The summed E-state index contributed by atoms with van der Waals surface area (Å²) in [5.74, 6) is 2.42. The van der Waals surface area contributed by atoms with Crippen LogP contribution in [0.5, 0.6) is 0 Å². The second-order valence-corrected chi connectivity index (χ2v) is 8.80. The Bertz CT molecular complexity index is 428. The summed E-state index contributed by atoms with van der Waals surface area (Å²) >= 11 is 1.97. The Balaban J connectivity index is 1.89. The van der Waals surface area contributed by atoms with Crippen molar-refractivity contribution in [3.8, 4) is 0 Å². The van der Waals surface area contributed by atoms with Crippen molar-refractivity contribution in [3.63, 3.8) is 0 Å². The number of hydrogen-bond acceptors (Lipinski definition) is 3. The van der Waals surface area contributed by atoms with Gasteiger partial charge in [0.05, 0.1) is 0 Å². The number of aryl methyl sites for hydroxylation is 1. The molecule has 0 radical (unpaired) electrons. The molecule has 1 N–H and O–H groups in total. The Labute approximate surface area is 134 Å². The fourth-order valence-corrected chi connectivity index (χ4v) is 4.50. The van der Waals surface area contributed by atoms with Crippen molar-refractivity contribution in [2.24, 2.45) is 17.8 Å². The number of nitrogens with zero attached hydrogens (tertiary/aromatic N) is 1. The zero-order valence-electron chi connectivity index (χ0n) is 14.4. The molecule has 0 bridgehead atoms. The molecule has 21 heavy (non-hydrogen) atoms. The molecule has 2 nitrogen and oxygen atoms in total. The van der Waals surface area contributed by atoms with Crippen molar-refractivity contribution >= 4 is 11.3 Å². The van der Waals surface area contributed by atoms with Gasteiger partial charge < -0.3 is 5.32 Å². The summed E-state index contributed by atoms with van der Waals surface area (Å²) in [5.41, 5.74) is 1.54. The smallest absolute Gasteiger partial charge is 0.0300 e. The molecule has 1 aromatic rings. The van der Waals surface area contributed by atoms with Crippen LogP contribution in [-0.4, -0.2) is 24.5 Å². The molecule has 0 aliphatic carbocycles. The molecule has 0 saturated carbocycles. The predicted octanol–water partition coefficient (Wildman–Crippen LogP) is 4.28. The van der Waals surface area contributed by atoms with Crippen LogP contribution in [0.25, 0.3) is 0 Å². The van der Waals surface area contributed by atoms with Gasteiger partial charge in [-0.2, -0.15) is 0 Å². The Kier molecular flexibility index (Phi) is 6.27. The highest BCUT2D eigenvalue weighted by molar-refractivity contribution is 7.12. The fourth-order valence-electron chi connectivity index (χ4n) is 3.48. The van der Waals surface area contributed by atoms with E-state index in [0.717, 1.165) is 37.4 Å². The first-order valence-corrected chi connectivity index (χ1v) is 9.27.